The third kappa shape index (κ3) is 3.37. The van der Waals surface area contributed by atoms with Crippen LogP contribution < -0.4 is 5.32 Å². The predicted octanol–water partition coefficient (Wildman–Crippen LogP) is 2.38. The fourth-order valence-corrected chi connectivity index (χ4v) is 3.00. The topological polar surface area (TPSA) is 45.2 Å². The van der Waals surface area contributed by atoms with Gasteiger partial charge in [-0.1, -0.05) is 13.0 Å². The Kier molecular flexibility index (Phi) is 5.12. The van der Waals surface area contributed by atoms with E-state index in [4.69, 9.17) is 0 Å². The summed E-state index contributed by atoms with van der Waals surface area (Å²) in [6.45, 7) is 5.11. The standard InChI is InChI=1S/C16H25N3O/c1-4-17-13-7-9-14(10-8-13)19(3)16(20)15-12(2)6-5-11-18-15/h5-6,11,13-14,17H,4,7-10H2,1-3H3. The highest BCUT2D eigenvalue weighted by atomic mass is 16.2. The third-order valence-corrected chi connectivity index (χ3v) is 4.27. The summed E-state index contributed by atoms with van der Waals surface area (Å²) in [5, 5.41) is 3.50. The zero-order valence-electron chi connectivity index (χ0n) is 12.7. The Bertz CT molecular complexity index is 453. The van der Waals surface area contributed by atoms with Gasteiger partial charge in [-0.3, -0.25) is 9.78 Å². The third-order valence-electron chi connectivity index (χ3n) is 4.27. The molecular weight excluding hydrogens is 250 g/mol. The highest BCUT2D eigenvalue weighted by molar-refractivity contribution is 5.93. The fraction of sp³-hybridized carbons (Fsp3) is 0.625. The van der Waals surface area contributed by atoms with Crippen molar-refractivity contribution in [3.63, 3.8) is 0 Å². The van der Waals surface area contributed by atoms with Crippen LogP contribution in [0.1, 0.15) is 48.7 Å². The lowest BCUT2D eigenvalue weighted by atomic mass is 9.90. The first-order valence-corrected chi connectivity index (χ1v) is 7.55. The van der Waals surface area contributed by atoms with Gasteiger partial charge >= 0.3 is 0 Å². The van der Waals surface area contributed by atoms with Crippen molar-refractivity contribution < 1.29 is 4.79 Å². The second kappa shape index (κ2) is 6.84. The summed E-state index contributed by atoms with van der Waals surface area (Å²) >= 11 is 0. The van der Waals surface area contributed by atoms with Gasteiger partial charge in [-0.25, -0.2) is 0 Å². The average Bonchev–Trinajstić information content (AvgIpc) is 2.47. The first kappa shape index (κ1) is 15.0. The van der Waals surface area contributed by atoms with E-state index in [2.05, 4.69) is 17.2 Å². The molecule has 1 N–H and O–H groups in total. The van der Waals surface area contributed by atoms with E-state index in [1.165, 1.54) is 0 Å². The van der Waals surface area contributed by atoms with Crippen molar-refractivity contribution in [2.24, 2.45) is 0 Å². The van der Waals surface area contributed by atoms with Crippen molar-refractivity contribution in [3.8, 4) is 0 Å². The number of carbonyl (C=O) groups is 1. The van der Waals surface area contributed by atoms with Crippen LogP contribution in [-0.2, 0) is 0 Å². The molecule has 20 heavy (non-hydrogen) atoms. The summed E-state index contributed by atoms with van der Waals surface area (Å²) in [7, 11) is 1.91. The molecule has 1 amide bonds. The Labute approximate surface area is 121 Å². The van der Waals surface area contributed by atoms with Crippen molar-refractivity contribution >= 4 is 5.91 Å². The zero-order chi connectivity index (χ0) is 14.5. The van der Waals surface area contributed by atoms with Crippen molar-refractivity contribution in [3.05, 3.63) is 29.6 Å². The van der Waals surface area contributed by atoms with E-state index in [0.29, 0.717) is 17.8 Å². The first-order valence-electron chi connectivity index (χ1n) is 7.55. The molecule has 0 aliphatic heterocycles. The van der Waals surface area contributed by atoms with E-state index in [1.807, 2.05) is 31.0 Å². The van der Waals surface area contributed by atoms with Gasteiger partial charge in [-0.05, 0) is 50.8 Å². The van der Waals surface area contributed by atoms with Crippen LogP contribution in [0.2, 0.25) is 0 Å². The molecule has 1 aromatic heterocycles. The second-order valence-electron chi connectivity index (χ2n) is 5.65. The van der Waals surface area contributed by atoms with Gasteiger partial charge in [0, 0.05) is 25.3 Å². The number of rotatable bonds is 4. The van der Waals surface area contributed by atoms with Crippen molar-refractivity contribution in [1.82, 2.24) is 15.2 Å². The molecule has 4 nitrogen and oxygen atoms in total. The van der Waals surface area contributed by atoms with Crippen LogP contribution in [0, 0.1) is 6.92 Å². The molecule has 1 aliphatic rings. The molecule has 1 heterocycles. The lowest BCUT2D eigenvalue weighted by molar-refractivity contribution is 0.0678. The summed E-state index contributed by atoms with van der Waals surface area (Å²) in [5.74, 6) is 0.0509. The van der Waals surface area contributed by atoms with Crippen LogP contribution in [0.3, 0.4) is 0 Å². The van der Waals surface area contributed by atoms with Crippen LogP contribution in [0.5, 0.6) is 0 Å². The number of pyridine rings is 1. The Morgan fingerprint density at radius 3 is 2.70 bits per heavy atom. The van der Waals surface area contributed by atoms with Gasteiger partial charge in [0.05, 0.1) is 0 Å². The summed E-state index contributed by atoms with van der Waals surface area (Å²) < 4.78 is 0. The molecule has 0 spiro atoms. The molecule has 1 fully saturated rings. The number of hydrogen-bond acceptors (Lipinski definition) is 3. The minimum atomic E-state index is 0.0509. The Morgan fingerprint density at radius 2 is 2.10 bits per heavy atom. The lowest BCUT2D eigenvalue weighted by Crippen LogP contribution is -2.43. The number of amides is 1. The molecule has 0 unspecified atom stereocenters. The number of nitrogens with zero attached hydrogens (tertiary/aromatic N) is 2. The van der Waals surface area contributed by atoms with Crippen LogP contribution in [0.4, 0.5) is 0 Å². The Balaban J connectivity index is 1.97. The van der Waals surface area contributed by atoms with Crippen molar-refractivity contribution in [2.45, 2.75) is 51.6 Å². The van der Waals surface area contributed by atoms with Crippen LogP contribution in [0.15, 0.2) is 18.3 Å². The maximum absolute atomic E-state index is 12.5. The molecule has 1 aliphatic carbocycles. The van der Waals surface area contributed by atoms with Gasteiger partial charge in [-0.15, -0.1) is 0 Å². The molecule has 0 radical (unpaired) electrons. The van der Waals surface area contributed by atoms with Crippen molar-refractivity contribution in [1.29, 1.82) is 0 Å². The van der Waals surface area contributed by atoms with Gasteiger partial charge in [0.15, 0.2) is 0 Å². The summed E-state index contributed by atoms with van der Waals surface area (Å²) in [5.41, 5.74) is 1.54. The van der Waals surface area contributed by atoms with Crippen LogP contribution in [0.25, 0.3) is 0 Å². The molecule has 0 atom stereocenters. The highest BCUT2D eigenvalue weighted by Crippen LogP contribution is 2.23. The maximum Gasteiger partial charge on any atom is 0.272 e. The van der Waals surface area contributed by atoms with Gasteiger partial charge in [0.25, 0.3) is 5.91 Å². The number of aromatic nitrogens is 1. The number of carbonyl (C=O) groups excluding carboxylic acids is 1. The lowest BCUT2D eigenvalue weighted by Gasteiger charge is -2.35. The largest absolute Gasteiger partial charge is 0.337 e. The van der Waals surface area contributed by atoms with E-state index in [-0.39, 0.29) is 5.91 Å². The molecule has 4 heteroatoms. The number of nitrogens with one attached hydrogen (secondary N) is 1. The number of hydrogen-bond donors (Lipinski definition) is 1. The highest BCUT2D eigenvalue weighted by Gasteiger charge is 2.27. The zero-order valence-corrected chi connectivity index (χ0v) is 12.7. The minimum absolute atomic E-state index is 0.0509. The fourth-order valence-electron chi connectivity index (χ4n) is 3.00. The van der Waals surface area contributed by atoms with Crippen LogP contribution >= 0.6 is 0 Å². The summed E-state index contributed by atoms with van der Waals surface area (Å²) in [6.07, 6.45) is 6.14. The molecule has 110 valence electrons. The predicted molar refractivity (Wildman–Crippen MR) is 80.8 cm³/mol. The normalized spacial score (nSPS) is 22.6. The number of aryl methyl sites for hydroxylation is 1. The maximum atomic E-state index is 12.5. The van der Waals surface area contributed by atoms with Crippen LogP contribution in [-0.4, -0.2) is 41.5 Å². The molecule has 0 aromatic carbocycles. The molecule has 0 saturated heterocycles. The molecule has 0 bridgehead atoms. The Morgan fingerprint density at radius 1 is 1.40 bits per heavy atom. The monoisotopic (exact) mass is 275 g/mol. The molecule has 1 aromatic rings. The van der Waals surface area contributed by atoms with E-state index in [1.54, 1.807) is 6.20 Å². The molecule has 2 rings (SSSR count). The minimum Gasteiger partial charge on any atom is -0.337 e. The van der Waals surface area contributed by atoms with Gasteiger partial charge in [0.1, 0.15) is 5.69 Å². The second-order valence-corrected chi connectivity index (χ2v) is 5.65. The van der Waals surface area contributed by atoms with Crippen molar-refractivity contribution in [2.75, 3.05) is 13.6 Å². The summed E-state index contributed by atoms with van der Waals surface area (Å²) in [6, 6.07) is 4.78. The SMILES string of the molecule is CCNC1CCC(N(C)C(=O)c2ncccc2C)CC1. The summed E-state index contributed by atoms with van der Waals surface area (Å²) in [4.78, 5) is 18.6. The van der Waals surface area contributed by atoms with Gasteiger partial charge in [0.2, 0.25) is 0 Å². The van der Waals surface area contributed by atoms with Gasteiger partial charge in [-0.2, -0.15) is 0 Å². The van der Waals surface area contributed by atoms with Gasteiger partial charge < -0.3 is 10.2 Å². The molecule has 1 saturated carbocycles. The van der Waals surface area contributed by atoms with E-state index < -0.39 is 0 Å². The quantitative estimate of drug-likeness (QED) is 0.917. The average molecular weight is 275 g/mol. The van der Waals surface area contributed by atoms with E-state index in [9.17, 15) is 4.79 Å². The van der Waals surface area contributed by atoms with E-state index in [0.717, 1.165) is 37.8 Å². The molecular formula is C16H25N3O. The smallest absolute Gasteiger partial charge is 0.272 e. The first-order chi connectivity index (χ1) is 9.63. The Hall–Kier alpha value is -1.42. The van der Waals surface area contributed by atoms with E-state index >= 15 is 0 Å².